The number of ether oxygens (including phenoxy) is 3. The van der Waals surface area contributed by atoms with Crippen LogP contribution in [0.2, 0.25) is 0 Å². The summed E-state index contributed by atoms with van der Waals surface area (Å²) in [4.78, 5) is 4.25. The second-order valence-electron chi connectivity index (χ2n) is 3.69. The molecule has 0 saturated carbocycles. The van der Waals surface area contributed by atoms with E-state index in [9.17, 15) is 0 Å². The fourth-order valence-electron chi connectivity index (χ4n) is 1.71. The molecular weight excluding hydrogens is 270 g/mol. The first kappa shape index (κ1) is 13.5. The van der Waals surface area contributed by atoms with Crippen LogP contribution in [0.25, 0.3) is 11.5 Å². The summed E-state index contributed by atoms with van der Waals surface area (Å²) < 4.78 is 21.2. The fourth-order valence-corrected chi connectivity index (χ4v) is 1.83. The summed E-state index contributed by atoms with van der Waals surface area (Å²) in [7, 11) is 4.67. The van der Waals surface area contributed by atoms with E-state index >= 15 is 0 Å². The van der Waals surface area contributed by atoms with Gasteiger partial charge in [0.25, 0.3) is 0 Å². The Morgan fingerprint density at radius 1 is 1.11 bits per heavy atom. The van der Waals surface area contributed by atoms with Gasteiger partial charge in [-0.05, 0) is 12.1 Å². The zero-order chi connectivity index (χ0) is 13.8. The largest absolute Gasteiger partial charge is 0.493 e. The number of benzene rings is 1. The standard InChI is InChI=1S/C13H14ClNO4/c1-16-10-4-8(5-11(17-2)12(10)18-3)13-15-9(6-14)7-19-13/h4-5,7H,6H2,1-3H3. The van der Waals surface area contributed by atoms with E-state index in [4.69, 9.17) is 30.2 Å². The molecule has 0 spiro atoms. The van der Waals surface area contributed by atoms with Crippen molar-refractivity contribution in [1.29, 1.82) is 0 Å². The van der Waals surface area contributed by atoms with Crippen LogP contribution in [-0.2, 0) is 5.88 Å². The van der Waals surface area contributed by atoms with Crippen molar-refractivity contribution in [2.75, 3.05) is 21.3 Å². The maximum atomic E-state index is 5.70. The molecule has 1 aromatic heterocycles. The van der Waals surface area contributed by atoms with Crippen LogP contribution in [0.5, 0.6) is 17.2 Å². The fraction of sp³-hybridized carbons (Fsp3) is 0.308. The van der Waals surface area contributed by atoms with Gasteiger partial charge in [-0.2, -0.15) is 0 Å². The molecule has 0 saturated heterocycles. The molecule has 0 bridgehead atoms. The van der Waals surface area contributed by atoms with E-state index in [0.29, 0.717) is 34.7 Å². The lowest BCUT2D eigenvalue weighted by Gasteiger charge is -2.12. The molecule has 0 amide bonds. The molecule has 1 aromatic carbocycles. The van der Waals surface area contributed by atoms with Crippen molar-refractivity contribution in [3.8, 4) is 28.7 Å². The van der Waals surface area contributed by atoms with E-state index in [1.807, 2.05) is 0 Å². The van der Waals surface area contributed by atoms with Gasteiger partial charge in [-0.3, -0.25) is 0 Å². The molecule has 0 fully saturated rings. The van der Waals surface area contributed by atoms with Crippen LogP contribution in [0.3, 0.4) is 0 Å². The Balaban J connectivity index is 2.51. The Bertz CT molecular complexity index is 543. The van der Waals surface area contributed by atoms with Gasteiger partial charge in [0.1, 0.15) is 6.26 Å². The summed E-state index contributed by atoms with van der Waals surface area (Å²) in [5.74, 6) is 2.37. The lowest BCUT2D eigenvalue weighted by Crippen LogP contribution is -1.95. The van der Waals surface area contributed by atoms with Gasteiger partial charge in [-0.25, -0.2) is 4.98 Å². The van der Waals surface area contributed by atoms with Crippen molar-refractivity contribution in [3.63, 3.8) is 0 Å². The molecule has 0 aliphatic rings. The number of rotatable bonds is 5. The first-order valence-corrected chi connectivity index (χ1v) is 6.07. The van der Waals surface area contributed by atoms with Gasteiger partial charge >= 0.3 is 0 Å². The number of methoxy groups -OCH3 is 3. The van der Waals surface area contributed by atoms with Crippen LogP contribution in [0.1, 0.15) is 5.69 Å². The Hall–Kier alpha value is -1.88. The molecule has 1 heterocycles. The third kappa shape index (κ3) is 2.61. The summed E-state index contributed by atoms with van der Waals surface area (Å²) >= 11 is 5.70. The summed E-state index contributed by atoms with van der Waals surface area (Å²) in [6.45, 7) is 0. The smallest absolute Gasteiger partial charge is 0.226 e. The Morgan fingerprint density at radius 2 is 1.74 bits per heavy atom. The van der Waals surface area contributed by atoms with Crippen LogP contribution in [0.4, 0.5) is 0 Å². The monoisotopic (exact) mass is 283 g/mol. The molecular formula is C13H14ClNO4. The van der Waals surface area contributed by atoms with Crippen molar-refractivity contribution < 1.29 is 18.6 Å². The van der Waals surface area contributed by atoms with Gasteiger partial charge < -0.3 is 18.6 Å². The van der Waals surface area contributed by atoms with Gasteiger partial charge in [0.2, 0.25) is 11.6 Å². The minimum atomic E-state index is 0.300. The molecule has 2 aromatic rings. The highest BCUT2D eigenvalue weighted by Crippen LogP contribution is 2.40. The quantitative estimate of drug-likeness (QED) is 0.789. The minimum absolute atomic E-state index is 0.300. The van der Waals surface area contributed by atoms with E-state index in [0.717, 1.165) is 5.56 Å². The topological polar surface area (TPSA) is 53.7 Å². The van der Waals surface area contributed by atoms with Gasteiger partial charge in [0.15, 0.2) is 11.5 Å². The molecule has 0 unspecified atom stereocenters. The van der Waals surface area contributed by atoms with Crippen molar-refractivity contribution >= 4 is 11.6 Å². The third-order valence-electron chi connectivity index (χ3n) is 2.60. The highest BCUT2D eigenvalue weighted by Gasteiger charge is 2.16. The molecule has 5 nitrogen and oxygen atoms in total. The first-order valence-electron chi connectivity index (χ1n) is 5.54. The Morgan fingerprint density at radius 3 is 2.16 bits per heavy atom. The lowest BCUT2D eigenvalue weighted by molar-refractivity contribution is 0.324. The van der Waals surface area contributed by atoms with Crippen molar-refractivity contribution in [2.24, 2.45) is 0 Å². The van der Waals surface area contributed by atoms with Crippen LogP contribution in [0.15, 0.2) is 22.8 Å². The van der Waals surface area contributed by atoms with Crippen molar-refractivity contribution in [2.45, 2.75) is 5.88 Å². The number of alkyl halides is 1. The first-order chi connectivity index (χ1) is 9.23. The van der Waals surface area contributed by atoms with Crippen LogP contribution in [0, 0.1) is 0 Å². The second-order valence-corrected chi connectivity index (χ2v) is 3.96. The summed E-state index contributed by atoms with van der Waals surface area (Å²) in [5, 5.41) is 0. The molecule has 0 atom stereocenters. The van der Waals surface area contributed by atoms with Crippen LogP contribution in [-0.4, -0.2) is 26.3 Å². The van der Waals surface area contributed by atoms with E-state index in [2.05, 4.69) is 4.98 Å². The minimum Gasteiger partial charge on any atom is -0.493 e. The van der Waals surface area contributed by atoms with E-state index in [1.165, 1.54) is 6.26 Å². The maximum Gasteiger partial charge on any atom is 0.226 e. The Labute approximate surface area is 116 Å². The molecule has 0 aliphatic heterocycles. The normalized spacial score (nSPS) is 10.3. The number of oxazole rings is 1. The van der Waals surface area contributed by atoms with Gasteiger partial charge in [0.05, 0.1) is 32.9 Å². The van der Waals surface area contributed by atoms with E-state index < -0.39 is 0 Å². The average Bonchev–Trinajstić information content (AvgIpc) is 2.94. The van der Waals surface area contributed by atoms with Gasteiger partial charge in [0, 0.05) is 5.56 Å². The molecule has 19 heavy (non-hydrogen) atoms. The van der Waals surface area contributed by atoms with Crippen molar-refractivity contribution in [1.82, 2.24) is 4.98 Å². The number of nitrogens with zero attached hydrogens (tertiary/aromatic N) is 1. The van der Waals surface area contributed by atoms with E-state index in [-0.39, 0.29) is 0 Å². The zero-order valence-corrected chi connectivity index (χ0v) is 11.7. The molecule has 0 radical (unpaired) electrons. The number of hydrogen-bond acceptors (Lipinski definition) is 5. The molecule has 6 heteroatoms. The predicted molar refractivity (Wildman–Crippen MR) is 71.2 cm³/mol. The number of hydrogen-bond donors (Lipinski definition) is 0. The molecule has 102 valence electrons. The molecule has 0 aliphatic carbocycles. The predicted octanol–water partition coefficient (Wildman–Crippen LogP) is 3.11. The van der Waals surface area contributed by atoms with Crippen LogP contribution < -0.4 is 14.2 Å². The molecule has 2 rings (SSSR count). The maximum absolute atomic E-state index is 5.70. The number of halogens is 1. The zero-order valence-electron chi connectivity index (χ0n) is 10.9. The third-order valence-corrected chi connectivity index (χ3v) is 2.87. The summed E-state index contributed by atoms with van der Waals surface area (Å²) in [5.41, 5.74) is 1.40. The second kappa shape index (κ2) is 5.84. The Kier molecular flexibility index (Phi) is 4.16. The molecule has 0 N–H and O–H groups in total. The van der Waals surface area contributed by atoms with E-state index in [1.54, 1.807) is 33.5 Å². The average molecular weight is 284 g/mol. The van der Waals surface area contributed by atoms with Gasteiger partial charge in [-0.1, -0.05) is 0 Å². The number of aromatic nitrogens is 1. The highest BCUT2D eigenvalue weighted by atomic mass is 35.5. The van der Waals surface area contributed by atoms with Crippen LogP contribution >= 0.6 is 11.6 Å². The SMILES string of the molecule is COc1cc(-c2nc(CCl)co2)cc(OC)c1OC. The van der Waals surface area contributed by atoms with Gasteiger partial charge in [-0.15, -0.1) is 11.6 Å². The lowest BCUT2D eigenvalue weighted by atomic mass is 10.2. The summed E-state index contributed by atoms with van der Waals surface area (Å²) in [6.07, 6.45) is 1.52. The van der Waals surface area contributed by atoms with Crippen molar-refractivity contribution in [3.05, 3.63) is 24.1 Å². The summed E-state index contributed by atoms with van der Waals surface area (Å²) in [6, 6.07) is 3.54. The highest BCUT2D eigenvalue weighted by molar-refractivity contribution is 6.16.